The summed E-state index contributed by atoms with van der Waals surface area (Å²) < 4.78 is 5.31. The molecule has 1 rings (SSSR count). The molecule has 0 saturated carbocycles. The molecule has 0 aromatic heterocycles. The van der Waals surface area contributed by atoms with Gasteiger partial charge in [0.1, 0.15) is 5.75 Å². The minimum absolute atomic E-state index is 0.0423. The molecule has 0 spiro atoms. The number of benzene rings is 1. The van der Waals surface area contributed by atoms with Crippen molar-refractivity contribution in [2.24, 2.45) is 17.8 Å². The van der Waals surface area contributed by atoms with Crippen molar-refractivity contribution in [3.8, 4) is 5.75 Å². The van der Waals surface area contributed by atoms with Crippen LogP contribution in [-0.4, -0.2) is 12.9 Å². The fraction of sp³-hybridized carbons (Fsp3) is 0.562. The van der Waals surface area contributed by atoms with Gasteiger partial charge in [0.15, 0.2) is 5.78 Å². The van der Waals surface area contributed by atoms with Crippen molar-refractivity contribution in [3.63, 3.8) is 0 Å². The van der Waals surface area contributed by atoms with E-state index >= 15 is 0 Å². The first kappa shape index (κ1) is 14.7. The first-order chi connectivity index (χ1) is 8.38. The van der Waals surface area contributed by atoms with Gasteiger partial charge in [-0.1, -0.05) is 39.3 Å². The van der Waals surface area contributed by atoms with Gasteiger partial charge in [0.05, 0.1) is 12.7 Å². The van der Waals surface area contributed by atoms with Gasteiger partial charge in [0, 0.05) is 5.92 Å². The zero-order chi connectivity index (χ0) is 13.9. The van der Waals surface area contributed by atoms with Crippen LogP contribution in [0.1, 0.15) is 43.6 Å². The number of carbonyl (C=O) groups is 1. The number of hydrogen-bond acceptors (Lipinski definition) is 2. The molecule has 0 radical (unpaired) electrons. The van der Waals surface area contributed by atoms with E-state index in [0.717, 1.165) is 5.56 Å². The van der Waals surface area contributed by atoms with Crippen LogP contribution in [0.15, 0.2) is 18.2 Å². The van der Waals surface area contributed by atoms with Crippen LogP contribution in [0.3, 0.4) is 0 Å². The van der Waals surface area contributed by atoms with E-state index in [1.807, 2.05) is 25.1 Å². The molecule has 2 nitrogen and oxygen atoms in total. The maximum Gasteiger partial charge on any atom is 0.170 e. The Morgan fingerprint density at radius 3 is 2.11 bits per heavy atom. The summed E-state index contributed by atoms with van der Waals surface area (Å²) in [5, 5.41) is 0. The smallest absolute Gasteiger partial charge is 0.170 e. The Bertz CT molecular complexity index is 411. The zero-order valence-corrected chi connectivity index (χ0v) is 12.3. The summed E-state index contributed by atoms with van der Waals surface area (Å²) >= 11 is 0. The maximum atomic E-state index is 12.7. The predicted molar refractivity (Wildman–Crippen MR) is 75.2 cm³/mol. The second kappa shape index (κ2) is 6.03. The molecule has 0 N–H and O–H groups in total. The largest absolute Gasteiger partial charge is 0.496 e. The van der Waals surface area contributed by atoms with E-state index in [4.69, 9.17) is 4.74 Å². The lowest BCUT2D eigenvalue weighted by molar-refractivity contribution is 0.0836. The van der Waals surface area contributed by atoms with E-state index in [-0.39, 0.29) is 11.7 Å². The van der Waals surface area contributed by atoms with Gasteiger partial charge in [-0.05, 0) is 30.9 Å². The molecule has 0 atom stereocenters. The van der Waals surface area contributed by atoms with Crippen molar-refractivity contribution in [3.05, 3.63) is 29.3 Å². The van der Waals surface area contributed by atoms with Gasteiger partial charge >= 0.3 is 0 Å². The van der Waals surface area contributed by atoms with Crippen molar-refractivity contribution in [2.75, 3.05) is 7.11 Å². The number of Topliss-reactive ketones (excluding diaryl/α,β-unsaturated/α-hetero) is 1. The zero-order valence-electron chi connectivity index (χ0n) is 12.3. The monoisotopic (exact) mass is 248 g/mol. The molecule has 0 aliphatic heterocycles. The second-order valence-corrected chi connectivity index (χ2v) is 5.58. The molecule has 0 heterocycles. The fourth-order valence-corrected chi connectivity index (χ4v) is 2.57. The lowest BCUT2D eigenvalue weighted by Crippen LogP contribution is -2.26. The Morgan fingerprint density at radius 2 is 1.67 bits per heavy atom. The fourth-order valence-electron chi connectivity index (χ4n) is 2.57. The molecule has 1 aromatic rings. The van der Waals surface area contributed by atoms with Crippen molar-refractivity contribution in [1.82, 2.24) is 0 Å². The van der Waals surface area contributed by atoms with Gasteiger partial charge in [-0.15, -0.1) is 0 Å². The summed E-state index contributed by atoms with van der Waals surface area (Å²) in [5.41, 5.74) is 1.80. The van der Waals surface area contributed by atoms with Crippen molar-refractivity contribution >= 4 is 5.78 Å². The molecular weight excluding hydrogens is 224 g/mol. The highest BCUT2D eigenvalue weighted by Gasteiger charge is 2.28. The molecule has 0 unspecified atom stereocenters. The topological polar surface area (TPSA) is 26.3 Å². The Balaban J connectivity index is 3.19. The number of methoxy groups -OCH3 is 1. The number of carbonyl (C=O) groups excluding carboxylic acids is 1. The molecule has 100 valence electrons. The van der Waals surface area contributed by atoms with E-state index in [1.54, 1.807) is 7.11 Å². The van der Waals surface area contributed by atoms with Crippen molar-refractivity contribution in [2.45, 2.75) is 34.6 Å². The molecule has 0 amide bonds. The first-order valence-corrected chi connectivity index (χ1v) is 6.57. The molecule has 0 aliphatic rings. The van der Waals surface area contributed by atoms with Crippen molar-refractivity contribution < 1.29 is 9.53 Å². The predicted octanol–water partition coefficient (Wildman–Crippen LogP) is 4.11. The maximum absolute atomic E-state index is 12.7. The minimum Gasteiger partial charge on any atom is -0.496 e. The van der Waals surface area contributed by atoms with Gasteiger partial charge in [0.2, 0.25) is 0 Å². The Kier molecular flexibility index (Phi) is 4.94. The summed E-state index contributed by atoms with van der Waals surface area (Å²) in [7, 11) is 1.61. The van der Waals surface area contributed by atoms with E-state index in [1.165, 1.54) is 0 Å². The van der Waals surface area contributed by atoms with Crippen molar-refractivity contribution in [1.29, 1.82) is 0 Å². The highest BCUT2D eigenvalue weighted by Crippen LogP contribution is 2.29. The third-order valence-electron chi connectivity index (χ3n) is 3.36. The SMILES string of the molecule is COc1ccc(C)cc1C(=O)C(C(C)C)C(C)C. The Hall–Kier alpha value is -1.31. The number of ketones is 1. The Labute approximate surface area is 110 Å². The van der Waals surface area contributed by atoms with Gasteiger partial charge in [0.25, 0.3) is 0 Å². The first-order valence-electron chi connectivity index (χ1n) is 6.57. The summed E-state index contributed by atoms with van der Waals surface area (Å²) in [6.07, 6.45) is 0. The molecule has 1 aromatic carbocycles. The number of hydrogen-bond donors (Lipinski definition) is 0. The molecule has 18 heavy (non-hydrogen) atoms. The van der Waals surface area contributed by atoms with E-state index in [0.29, 0.717) is 23.1 Å². The van der Waals surface area contributed by atoms with Crippen LogP contribution < -0.4 is 4.74 Å². The quantitative estimate of drug-likeness (QED) is 0.733. The highest BCUT2D eigenvalue weighted by atomic mass is 16.5. The standard InChI is InChI=1S/C16H24O2/c1-10(2)15(11(3)4)16(17)13-9-12(5)7-8-14(13)18-6/h7-11,15H,1-6H3. The molecule has 0 fully saturated rings. The van der Waals surface area contributed by atoms with Crippen LogP contribution in [0.25, 0.3) is 0 Å². The summed E-state index contributed by atoms with van der Waals surface area (Å²) in [4.78, 5) is 12.7. The number of rotatable bonds is 5. The van der Waals surface area contributed by atoms with Crippen LogP contribution in [0.5, 0.6) is 5.75 Å². The van der Waals surface area contributed by atoms with Crippen LogP contribution in [0.4, 0.5) is 0 Å². The van der Waals surface area contributed by atoms with Crippen LogP contribution in [-0.2, 0) is 0 Å². The molecule has 0 bridgehead atoms. The van der Waals surface area contributed by atoms with E-state index in [2.05, 4.69) is 27.7 Å². The molecular formula is C16H24O2. The van der Waals surface area contributed by atoms with Gasteiger partial charge in [-0.3, -0.25) is 4.79 Å². The van der Waals surface area contributed by atoms with Gasteiger partial charge in [-0.2, -0.15) is 0 Å². The van der Waals surface area contributed by atoms with E-state index < -0.39 is 0 Å². The van der Waals surface area contributed by atoms with Gasteiger partial charge < -0.3 is 4.74 Å². The minimum atomic E-state index is 0.0423. The summed E-state index contributed by atoms with van der Waals surface area (Å²) in [6, 6.07) is 5.77. The summed E-state index contributed by atoms with van der Waals surface area (Å²) in [6.45, 7) is 10.4. The van der Waals surface area contributed by atoms with Crippen LogP contribution in [0, 0.1) is 24.7 Å². The summed E-state index contributed by atoms with van der Waals surface area (Å²) in [5.74, 6) is 1.59. The highest BCUT2D eigenvalue weighted by molar-refractivity contribution is 6.00. The lowest BCUT2D eigenvalue weighted by Gasteiger charge is -2.24. The molecule has 2 heteroatoms. The van der Waals surface area contributed by atoms with Crippen LogP contribution in [0.2, 0.25) is 0 Å². The molecule has 0 aliphatic carbocycles. The number of ether oxygens (including phenoxy) is 1. The van der Waals surface area contributed by atoms with Crippen LogP contribution >= 0.6 is 0 Å². The number of aryl methyl sites for hydroxylation is 1. The van der Waals surface area contributed by atoms with E-state index in [9.17, 15) is 4.79 Å². The third kappa shape index (κ3) is 3.12. The lowest BCUT2D eigenvalue weighted by atomic mass is 9.79. The third-order valence-corrected chi connectivity index (χ3v) is 3.36. The average molecular weight is 248 g/mol. The van der Waals surface area contributed by atoms with Gasteiger partial charge in [-0.25, -0.2) is 0 Å². The normalized spacial score (nSPS) is 11.4. The molecule has 0 saturated heterocycles. The Morgan fingerprint density at radius 1 is 1.11 bits per heavy atom. The average Bonchev–Trinajstić information content (AvgIpc) is 2.27. The second-order valence-electron chi connectivity index (χ2n) is 5.58.